The quantitative estimate of drug-likeness (QED) is 0.851. The number of nitrogens with one attached hydrogen (secondary N) is 1. The monoisotopic (exact) mass is 325 g/mol. The van der Waals surface area contributed by atoms with E-state index in [1.165, 1.54) is 20.2 Å². The van der Waals surface area contributed by atoms with Crippen molar-refractivity contribution in [1.29, 1.82) is 0 Å². The molecule has 22 heavy (non-hydrogen) atoms. The molecule has 2 heterocycles. The van der Waals surface area contributed by atoms with E-state index in [0.29, 0.717) is 29.5 Å². The van der Waals surface area contributed by atoms with Gasteiger partial charge in [-0.2, -0.15) is 0 Å². The molecule has 1 N–H and O–H groups in total. The van der Waals surface area contributed by atoms with Crippen LogP contribution in [0.25, 0.3) is 0 Å². The Morgan fingerprint density at radius 2 is 2.18 bits per heavy atom. The number of nitrogens with zero attached hydrogens (tertiary/aromatic N) is 2. The number of thiazole rings is 1. The molecule has 1 aliphatic heterocycles. The van der Waals surface area contributed by atoms with Gasteiger partial charge in [0.05, 0.1) is 18.7 Å². The first-order chi connectivity index (χ1) is 10.4. The van der Waals surface area contributed by atoms with Gasteiger partial charge >= 0.3 is 5.97 Å². The summed E-state index contributed by atoms with van der Waals surface area (Å²) in [6, 6.07) is 0. The maximum atomic E-state index is 12.5. The van der Waals surface area contributed by atoms with Crippen LogP contribution in [0.2, 0.25) is 0 Å². The SMILES string of the molecule is COC(=O)c1cnc(NC(=O)C2(C)CCCN(C(C)=O)C2)s1. The fraction of sp³-hybridized carbons (Fsp3) is 0.571. The molecule has 0 aromatic carbocycles. The van der Waals surface area contributed by atoms with Gasteiger partial charge in [-0.1, -0.05) is 11.3 Å². The first-order valence-electron chi connectivity index (χ1n) is 6.97. The van der Waals surface area contributed by atoms with Crippen LogP contribution in [0.4, 0.5) is 5.13 Å². The van der Waals surface area contributed by atoms with E-state index in [4.69, 9.17) is 0 Å². The lowest BCUT2D eigenvalue weighted by Gasteiger charge is -2.38. The molecule has 1 unspecified atom stereocenters. The molecule has 1 aromatic rings. The highest BCUT2D eigenvalue weighted by molar-refractivity contribution is 7.17. The third-order valence-electron chi connectivity index (χ3n) is 3.80. The lowest BCUT2D eigenvalue weighted by molar-refractivity contribution is -0.136. The normalized spacial score (nSPS) is 21.3. The van der Waals surface area contributed by atoms with Crippen molar-refractivity contribution >= 4 is 34.3 Å². The summed E-state index contributed by atoms with van der Waals surface area (Å²) in [5, 5.41) is 3.09. The molecule has 0 aliphatic carbocycles. The van der Waals surface area contributed by atoms with Gasteiger partial charge < -0.3 is 15.0 Å². The van der Waals surface area contributed by atoms with E-state index in [1.807, 2.05) is 6.92 Å². The van der Waals surface area contributed by atoms with Crippen LogP contribution in [0.5, 0.6) is 0 Å². The van der Waals surface area contributed by atoms with Gasteiger partial charge in [-0.05, 0) is 19.8 Å². The number of hydrogen-bond acceptors (Lipinski definition) is 6. The lowest BCUT2D eigenvalue weighted by Crippen LogP contribution is -2.49. The molecule has 1 saturated heterocycles. The molecule has 0 spiro atoms. The average Bonchev–Trinajstić information content (AvgIpc) is 2.95. The van der Waals surface area contributed by atoms with Crippen molar-refractivity contribution in [2.24, 2.45) is 5.41 Å². The number of carbonyl (C=O) groups excluding carboxylic acids is 3. The van der Waals surface area contributed by atoms with Crippen molar-refractivity contribution < 1.29 is 19.1 Å². The zero-order valence-electron chi connectivity index (χ0n) is 12.8. The molecule has 0 bridgehead atoms. The van der Waals surface area contributed by atoms with Crippen LogP contribution in [0.15, 0.2) is 6.20 Å². The number of aromatic nitrogens is 1. The first-order valence-corrected chi connectivity index (χ1v) is 7.78. The minimum Gasteiger partial charge on any atom is -0.465 e. The van der Waals surface area contributed by atoms with E-state index in [0.717, 1.165) is 17.8 Å². The van der Waals surface area contributed by atoms with E-state index in [-0.39, 0.29) is 11.8 Å². The summed E-state index contributed by atoms with van der Waals surface area (Å²) in [4.78, 5) is 41.4. The predicted octanol–water partition coefficient (Wildman–Crippen LogP) is 1.52. The summed E-state index contributed by atoms with van der Waals surface area (Å²) in [5.41, 5.74) is -0.652. The first kappa shape index (κ1) is 16.4. The number of piperidine rings is 1. The second-order valence-corrected chi connectivity index (χ2v) is 6.61. The van der Waals surface area contributed by atoms with Gasteiger partial charge in [0, 0.05) is 20.0 Å². The minimum absolute atomic E-state index is 0.0269. The molecule has 1 fully saturated rings. The molecule has 2 rings (SSSR count). The minimum atomic E-state index is -0.652. The largest absolute Gasteiger partial charge is 0.465 e. The number of rotatable bonds is 3. The van der Waals surface area contributed by atoms with E-state index in [1.54, 1.807) is 4.90 Å². The van der Waals surface area contributed by atoms with Gasteiger partial charge in [-0.15, -0.1) is 0 Å². The zero-order valence-corrected chi connectivity index (χ0v) is 13.7. The van der Waals surface area contributed by atoms with Gasteiger partial charge in [-0.3, -0.25) is 9.59 Å². The van der Waals surface area contributed by atoms with Crippen LogP contribution in [-0.2, 0) is 14.3 Å². The number of ether oxygens (including phenoxy) is 1. The van der Waals surface area contributed by atoms with Crippen molar-refractivity contribution in [2.45, 2.75) is 26.7 Å². The van der Waals surface area contributed by atoms with Gasteiger partial charge in [0.25, 0.3) is 0 Å². The highest BCUT2D eigenvalue weighted by Crippen LogP contribution is 2.31. The second-order valence-electron chi connectivity index (χ2n) is 5.58. The second kappa shape index (κ2) is 6.43. The van der Waals surface area contributed by atoms with Crippen molar-refractivity contribution in [1.82, 2.24) is 9.88 Å². The molecule has 1 aromatic heterocycles. The van der Waals surface area contributed by atoms with Crippen LogP contribution in [0.3, 0.4) is 0 Å². The van der Waals surface area contributed by atoms with Gasteiger partial charge in [0.1, 0.15) is 4.88 Å². The van der Waals surface area contributed by atoms with Crippen LogP contribution in [0.1, 0.15) is 36.4 Å². The summed E-state index contributed by atoms with van der Waals surface area (Å²) in [7, 11) is 1.29. The summed E-state index contributed by atoms with van der Waals surface area (Å²) in [6.45, 7) is 4.42. The Labute approximate surface area is 132 Å². The molecule has 1 atom stereocenters. The topological polar surface area (TPSA) is 88.6 Å². The van der Waals surface area contributed by atoms with Gasteiger partial charge in [0.2, 0.25) is 11.8 Å². The maximum absolute atomic E-state index is 12.5. The molecule has 8 heteroatoms. The lowest BCUT2D eigenvalue weighted by atomic mass is 9.81. The third kappa shape index (κ3) is 3.44. The van der Waals surface area contributed by atoms with E-state index in [2.05, 4.69) is 15.0 Å². The zero-order chi connectivity index (χ0) is 16.3. The van der Waals surface area contributed by atoms with Crippen molar-refractivity contribution in [3.05, 3.63) is 11.1 Å². The number of anilines is 1. The highest BCUT2D eigenvalue weighted by atomic mass is 32.1. The van der Waals surface area contributed by atoms with Gasteiger partial charge in [0.15, 0.2) is 5.13 Å². The van der Waals surface area contributed by atoms with Crippen LogP contribution < -0.4 is 5.32 Å². The predicted molar refractivity (Wildman–Crippen MR) is 81.7 cm³/mol. The Morgan fingerprint density at radius 1 is 1.45 bits per heavy atom. The van der Waals surface area contributed by atoms with Crippen molar-refractivity contribution in [3.63, 3.8) is 0 Å². The molecular weight excluding hydrogens is 306 g/mol. The summed E-state index contributed by atoms with van der Waals surface area (Å²) < 4.78 is 4.61. The number of amides is 2. The van der Waals surface area contributed by atoms with Gasteiger partial charge in [-0.25, -0.2) is 9.78 Å². The fourth-order valence-corrected chi connectivity index (χ4v) is 3.20. The number of esters is 1. The van der Waals surface area contributed by atoms with Crippen molar-refractivity contribution in [2.75, 3.05) is 25.5 Å². The third-order valence-corrected chi connectivity index (χ3v) is 4.70. The fourth-order valence-electron chi connectivity index (χ4n) is 2.47. The molecule has 1 aliphatic rings. The number of likely N-dealkylation sites (tertiary alicyclic amines) is 1. The molecule has 120 valence electrons. The summed E-state index contributed by atoms with van der Waals surface area (Å²) in [6.07, 6.45) is 2.86. The molecule has 2 amide bonds. The van der Waals surface area contributed by atoms with E-state index < -0.39 is 11.4 Å². The maximum Gasteiger partial charge on any atom is 0.349 e. The molecule has 7 nitrogen and oxygen atoms in total. The Kier molecular flexibility index (Phi) is 4.80. The molecule has 0 radical (unpaired) electrons. The Morgan fingerprint density at radius 3 is 2.82 bits per heavy atom. The highest BCUT2D eigenvalue weighted by Gasteiger charge is 2.39. The van der Waals surface area contributed by atoms with Crippen molar-refractivity contribution in [3.8, 4) is 0 Å². The smallest absolute Gasteiger partial charge is 0.349 e. The Bertz CT molecular complexity index is 601. The van der Waals surface area contributed by atoms with E-state index in [9.17, 15) is 14.4 Å². The number of carbonyl (C=O) groups is 3. The molecular formula is C14H19N3O4S. The summed E-state index contributed by atoms with van der Waals surface area (Å²) >= 11 is 1.07. The number of methoxy groups -OCH3 is 1. The average molecular weight is 325 g/mol. The molecule has 0 saturated carbocycles. The Balaban J connectivity index is 2.06. The number of hydrogen-bond donors (Lipinski definition) is 1. The van der Waals surface area contributed by atoms with Crippen LogP contribution >= 0.6 is 11.3 Å². The van der Waals surface area contributed by atoms with Crippen LogP contribution in [-0.4, -0.2) is 47.9 Å². The Hall–Kier alpha value is -1.96. The van der Waals surface area contributed by atoms with E-state index >= 15 is 0 Å². The summed E-state index contributed by atoms with van der Waals surface area (Å²) in [5.74, 6) is -0.699. The standard InChI is InChI=1S/C14H19N3O4S/c1-9(18)17-6-4-5-14(2,8-17)12(20)16-13-15-7-10(22-13)11(19)21-3/h7H,4-6,8H2,1-3H3,(H,15,16,20). The van der Waals surface area contributed by atoms with Crippen LogP contribution in [0, 0.1) is 5.41 Å².